The molecule has 0 amide bonds. The predicted molar refractivity (Wildman–Crippen MR) is 77.6 cm³/mol. The molecule has 2 N–H and O–H groups in total. The van der Waals surface area contributed by atoms with Gasteiger partial charge >= 0.3 is 0 Å². The number of halogens is 1. The van der Waals surface area contributed by atoms with Crippen LogP contribution in [0.3, 0.4) is 0 Å². The van der Waals surface area contributed by atoms with Crippen molar-refractivity contribution in [3.05, 3.63) is 46.8 Å². The molecule has 0 bridgehead atoms. The largest absolute Gasteiger partial charge is 0.423 e. The van der Waals surface area contributed by atoms with Crippen molar-refractivity contribution in [2.75, 3.05) is 0 Å². The first-order valence-electron chi connectivity index (χ1n) is 6.50. The maximum atomic E-state index is 6.08. The van der Waals surface area contributed by atoms with Crippen molar-refractivity contribution < 1.29 is 4.42 Å². The molecule has 0 aliphatic rings. The molecule has 0 atom stereocenters. The minimum absolute atomic E-state index is 0.481. The summed E-state index contributed by atoms with van der Waals surface area (Å²) in [5, 5.41) is 9.82. The lowest BCUT2D eigenvalue weighted by atomic mass is 10.2. The molecule has 0 aliphatic carbocycles. The minimum Gasteiger partial charge on any atom is -0.423 e. The van der Waals surface area contributed by atoms with Crippen LogP contribution in [0.2, 0.25) is 5.02 Å². The van der Waals surface area contributed by atoms with Gasteiger partial charge in [-0.1, -0.05) is 24.6 Å². The van der Waals surface area contributed by atoms with Crippen LogP contribution in [-0.4, -0.2) is 14.8 Å². The van der Waals surface area contributed by atoms with Crippen LogP contribution < -0.4 is 5.73 Å². The van der Waals surface area contributed by atoms with E-state index in [9.17, 15) is 0 Å². The molecule has 2 heterocycles. The van der Waals surface area contributed by atoms with E-state index in [-0.39, 0.29) is 0 Å². The number of hydrogen-bond donors (Lipinski definition) is 1. The minimum atomic E-state index is 0.481. The Morgan fingerprint density at radius 2 is 2.10 bits per heavy atom. The van der Waals surface area contributed by atoms with Crippen molar-refractivity contribution in [3.8, 4) is 0 Å². The summed E-state index contributed by atoms with van der Waals surface area (Å²) < 4.78 is 7.59. The molecule has 3 rings (SSSR count). The lowest BCUT2D eigenvalue weighted by Crippen LogP contribution is -1.99. The number of hydrogen-bond acceptors (Lipinski definition) is 4. The fraction of sp³-hybridized carbons (Fsp3) is 0.286. The van der Waals surface area contributed by atoms with Gasteiger partial charge < -0.3 is 14.7 Å². The van der Waals surface area contributed by atoms with Gasteiger partial charge in [0.1, 0.15) is 6.54 Å². The molecular weight excluding hydrogens is 276 g/mol. The van der Waals surface area contributed by atoms with Gasteiger partial charge in [0.05, 0.1) is 5.52 Å². The van der Waals surface area contributed by atoms with Gasteiger partial charge in [0, 0.05) is 29.6 Å². The van der Waals surface area contributed by atoms with Crippen molar-refractivity contribution in [2.45, 2.75) is 26.4 Å². The van der Waals surface area contributed by atoms with Crippen molar-refractivity contribution in [1.29, 1.82) is 0 Å². The van der Waals surface area contributed by atoms with Crippen LogP contribution in [0.1, 0.15) is 24.3 Å². The average molecular weight is 291 g/mol. The Bertz CT molecular complexity index is 747. The highest BCUT2D eigenvalue weighted by molar-refractivity contribution is 6.31. The third kappa shape index (κ3) is 2.30. The summed E-state index contributed by atoms with van der Waals surface area (Å²) in [6.45, 7) is 2.98. The van der Waals surface area contributed by atoms with Crippen LogP contribution in [0.15, 0.2) is 28.8 Å². The Kier molecular flexibility index (Phi) is 3.46. The van der Waals surface area contributed by atoms with E-state index >= 15 is 0 Å². The molecule has 3 aromatic rings. The Morgan fingerprint density at radius 3 is 2.80 bits per heavy atom. The van der Waals surface area contributed by atoms with E-state index in [0.717, 1.165) is 22.9 Å². The molecule has 1 aromatic carbocycles. The topological polar surface area (TPSA) is 69.9 Å². The van der Waals surface area contributed by atoms with Crippen LogP contribution in [-0.2, 0) is 19.5 Å². The zero-order valence-electron chi connectivity index (χ0n) is 11.1. The number of aryl methyl sites for hydroxylation is 1. The molecule has 2 aromatic heterocycles. The fourth-order valence-corrected chi connectivity index (χ4v) is 2.44. The molecule has 20 heavy (non-hydrogen) atoms. The normalized spacial score (nSPS) is 11.3. The second kappa shape index (κ2) is 5.26. The van der Waals surface area contributed by atoms with Crippen molar-refractivity contribution >= 4 is 22.5 Å². The molecular formula is C14H15ClN4O. The SMILES string of the molecule is CCc1nnc(Cn2cc(CN)c3ccc(Cl)cc32)o1. The van der Waals surface area contributed by atoms with Gasteiger partial charge in [-0.25, -0.2) is 0 Å². The van der Waals surface area contributed by atoms with Gasteiger partial charge in [-0.05, 0) is 17.7 Å². The van der Waals surface area contributed by atoms with Crippen molar-refractivity contribution in [2.24, 2.45) is 5.73 Å². The van der Waals surface area contributed by atoms with E-state index in [1.807, 2.05) is 35.9 Å². The highest BCUT2D eigenvalue weighted by atomic mass is 35.5. The molecule has 104 valence electrons. The first-order chi connectivity index (χ1) is 9.71. The van der Waals surface area contributed by atoms with E-state index in [4.69, 9.17) is 21.8 Å². The monoisotopic (exact) mass is 290 g/mol. The van der Waals surface area contributed by atoms with Gasteiger partial charge in [-0.15, -0.1) is 10.2 Å². The lowest BCUT2D eigenvalue weighted by Gasteiger charge is -2.01. The molecule has 0 saturated heterocycles. The summed E-state index contributed by atoms with van der Waals surface area (Å²) in [7, 11) is 0. The van der Waals surface area contributed by atoms with Crippen LogP contribution in [0.25, 0.3) is 10.9 Å². The number of aromatic nitrogens is 3. The summed E-state index contributed by atoms with van der Waals surface area (Å²) in [4.78, 5) is 0. The first-order valence-corrected chi connectivity index (χ1v) is 6.87. The Hall–Kier alpha value is -1.85. The molecule has 0 spiro atoms. The maximum absolute atomic E-state index is 6.08. The smallest absolute Gasteiger partial charge is 0.236 e. The lowest BCUT2D eigenvalue weighted by molar-refractivity contribution is 0.444. The summed E-state index contributed by atoms with van der Waals surface area (Å²) in [5.41, 5.74) is 7.89. The van der Waals surface area contributed by atoms with Crippen LogP contribution >= 0.6 is 11.6 Å². The van der Waals surface area contributed by atoms with E-state index < -0.39 is 0 Å². The van der Waals surface area contributed by atoms with Crippen LogP contribution in [0.5, 0.6) is 0 Å². The van der Waals surface area contributed by atoms with Gasteiger partial charge in [0.15, 0.2) is 0 Å². The average Bonchev–Trinajstić information content (AvgIpc) is 3.04. The molecule has 6 heteroatoms. The summed E-state index contributed by atoms with van der Waals surface area (Å²) in [6.07, 6.45) is 2.75. The van der Waals surface area contributed by atoms with Gasteiger partial charge in [0.25, 0.3) is 0 Å². The maximum Gasteiger partial charge on any atom is 0.236 e. The molecule has 0 radical (unpaired) electrons. The second-order valence-corrected chi connectivity index (χ2v) is 5.03. The Labute approximate surface area is 121 Å². The number of fused-ring (bicyclic) bond motifs is 1. The van der Waals surface area contributed by atoms with E-state index in [1.54, 1.807) is 0 Å². The summed E-state index contributed by atoms with van der Waals surface area (Å²) in [5.74, 6) is 1.23. The van der Waals surface area contributed by atoms with E-state index in [2.05, 4.69) is 10.2 Å². The number of rotatable bonds is 4. The van der Waals surface area contributed by atoms with Gasteiger partial charge in [-0.3, -0.25) is 0 Å². The third-order valence-electron chi connectivity index (χ3n) is 3.26. The predicted octanol–water partition coefficient (Wildman–Crippen LogP) is 2.75. The molecule has 0 unspecified atom stereocenters. The summed E-state index contributed by atoms with van der Waals surface area (Å²) >= 11 is 6.08. The number of nitrogens with zero attached hydrogens (tertiary/aromatic N) is 3. The number of nitrogens with two attached hydrogens (primary N) is 1. The van der Waals surface area contributed by atoms with Crippen LogP contribution in [0.4, 0.5) is 0 Å². The highest BCUT2D eigenvalue weighted by Crippen LogP contribution is 2.25. The van der Waals surface area contributed by atoms with E-state index in [0.29, 0.717) is 29.9 Å². The molecule has 0 aliphatic heterocycles. The Balaban J connectivity index is 2.04. The Morgan fingerprint density at radius 1 is 1.30 bits per heavy atom. The zero-order chi connectivity index (χ0) is 14.1. The van der Waals surface area contributed by atoms with Gasteiger partial charge in [-0.2, -0.15) is 0 Å². The zero-order valence-corrected chi connectivity index (χ0v) is 11.9. The molecule has 5 nitrogen and oxygen atoms in total. The molecule has 0 fully saturated rings. The van der Waals surface area contributed by atoms with Crippen molar-refractivity contribution in [1.82, 2.24) is 14.8 Å². The first kappa shape index (κ1) is 13.1. The van der Waals surface area contributed by atoms with Crippen LogP contribution in [0, 0.1) is 0 Å². The fourth-order valence-electron chi connectivity index (χ4n) is 2.28. The second-order valence-electron chi connectivity index (χ2n) is 4.59. The highest BCUT2D eigenvalue weighted by Gasteiger charge is 2.11. The third-order valence-corrected chi connectivity index (χ3v) is 3.50. The van der Waals surface area contributed by atoms with Crippen molar-refractivity contribution in [3.63, 3.8) is 0 Å². The van der Waals surface area contributed by atoms with Gasteiger partial charge in [0.2, 0.25) is 11.8 Å². The standard InChI is InChI=1S/C14H15ClN4O/c1-2-13-17-18-14(20-13)8-19-7-9(6-16)11-4-3-10(15)5-12(11)19/h3-5,7H,2,6,8,16H2,1H3. The number of benzene rings is 1. The molecule has 0 saturated carbocycles. The quantitative estimate of drug-likeness (QED) is 0.802. The van der Waals surface area contributed by atoms with E-state index in [1.165, 1.54) is 0 Å². The summed E-state index contributed by atoms with van der Waals surface area (Å²) in [6, 6.07) is 5.78.